The normalized spacial score (nSPS) is 17.9. The van der Waals surface area contributed by atoms with Gasteiger partial charge < -0.3 is 5.11 Å². The summed E-state index contributed by atoms with van der Waals surface area (Å²) in [5, 5.41) is 9.66. The third-order valence-corrected chi connectivity index (χ3v) is 7.02. The molecule has 1 fully saturated rings. The van der Waals surface area contributed by atoms with Gasteiger partial charge in [0, 0.05) is 15.6 Å². The highest BCUT2D eigenvalue weighted by Crippen LogP contribution is 2.45. The van der Waals surface area contributed by atoms with Gasteiger partial charge in [0.05, 0.1) is 10.3 Å². The second-order valence-corrected chi connectivity index (χ2v) is 9.01. The fourth-order valence-electron chi connectivity index (χ4n) is 2.92. The number of aliphatic carboxylic acids is 1. The van der Waals surface area contributed by atoms with Gasteiger partial charge >= 0.3 is 5.97 Å². The van der Waals surface area contributed by atoms with Gasteiger partial charge in [-0.2, -0.15) is 0 Å². The Bertz CT molecular complexity index is 676. The van der Waals surface area contributed by atoms with Crippen molar-refractivity contribution in [3.63, 3.8) is 0 Å². The molecule has 1 aromatic carbocycles. The van der Waals surface area contributed by atoms with Crippen LogP contribution in [0.3, 0.4) is 0 Å². The number of thioether (sulfide) groups is 1. The highest BCUT2D eigenvalue weighted by Gasteiger charge is 2.43. The summed E-state index contributed by atoms with van der Waals surface area (Å²) in [6.07, 6.45) is 5.76. The Balaban J connectivity index is 2.72. The van der Waals surface area contributed by atoms with Gasteiger partial charge in [-0.05, 0) is 52.7 Å². The van der Waals surface area contributed by atoms with Crippen LogP contribution >= 0.6 is 27.7 Å². The first-order valence-electron chi connectivity index (χ1n) is 6.54. The van der Waals surface area contributed by atoms with E-state index in [4.69, 9.17) is 0 Å². The lowest BCUT2D eigenvalue weighted by molar-refractivity contribution is -0.143. The van der Waals surface area contributed by atoms with Crippen molar-refractivity contribution in [2.24, 2.45) is 0 Å². The van der Waals surface area contributed by atoms with E-state index >= 15 is 0 Å². The van der Waals surface area contributed by atoms with E-state index in [2.05, 4.69) is 15.9 Å². The van der Waals surface area contributed by atoms with Crippen LogP contribution in [0, 0.1) is 0 Å². The summed E-state index contributed by atoms with van der Waals surface area (Å²) < 4.78 is 24.7. The van der Waals surface area contributed by atoms with E-state index in [0.717, 1.165) is 19.1 Å². The van der Waals surface area contributed by atoms with E-state index in [-0.39, 0.29) is 4.90 Å². The monoisotopic (exact) mass is 392 g/mol. The molecule has 21 heavy (non-hydrogen) atoms. The van der Waals surface area contributed by atoms with Gasteiger partial charge in [-0.25, -0.2) is 8.42 Å². The van der Waals surface area contributed by atoms with Crippen molar-refractivity contribution in [1.29, 1.82) is 0 Å². The molecule has 0 unspecified atom stereocenters. The lowest BCUT2D eigenvalue weighted by atomic mass is 9.79. The predicted octanol–water partition coefficient (Wildman–Crippen LogP) is 3.47. The molecule has 0 aromatic heterocycles. The fourth-order valence-corrected chi connectivity index (χ4v) is 6.01. The highest BCUT2D eigenvalue weighted by molar-refractivity contribution is 9.10. The molecule has 7 heteroatoms. The SMILES string of the molecule is CSc1c(Br)cc(C2(C(=O)O)CCCC2)cc1S(C)(=O)=O. The second-order valence-electron chi connectivity index (χ2n) is 5.36. The summed E-state index contributed by atoms with van der Waals surface area (Å²) in [6, 6.07) is 3.31. The second kappa shape index (κ2) is 5.93. The van der Waals surface area contributed by atoms with E-state index in [1.165, 1.54) is 11.8 Å². The molecule has 116 valence electrons. The van der Waals surface area contributed by atoms with Crippen LogP contribution in [-0.2, 0) is 20.0 Å². The number of halogens is 1. The Labute approximate surface area is 137 Å². The van der Waals surface area contributed by atoms with Crippen LogP contribution in [0.15, 0.2) is 26.4 Å². The first kappa shape index (κ1) is 16.8. The molecule has 0 radical (unpaired) electrons. The summed E-state index contributed by atoms with van der Waals surface area (Å²) >= 11 is 4.73. The standard InChI is InChI=1S/C14H17BrO4S2/c1-20-12-10(15)7-9(8-11(12)21(2,18)19)14(13(16)17)5-3-4-6-14/h7-8H,3-6H2,1-2H3,(H,16,17). The largest absolute Gasteiger partial charge is 0.481 e. The summed E-state index contributed by atoms with van der Waals surface area (Å²) in [6.45, 7) is 0. The Morgan fingerprint density at radius 3 is 2.33 bits per heavy atom. The maximum Gasteiger partial charge on any atom is 0.314 e. The molecule has 0 aliphatic heterocycles. The van der Waals surface area contributed by atoms with E-state index in [9.17, 15) is 18.3 Å². The summed E-state index contributed by atoms with van der Waals surface area (Å²) in [5.41, 5.74) is -0.378. The maximum absolute atomic E-state index is 12.0. The zero-order valence-electron chi connectivity index (χ0n) is 11.8. The zero-order chi connectivity index (χ0) is 15.8. The van der Waals surface area contributed by atoms with Crippen LogP contribution < -0.4 is 0 Å². The molecule has 0 atom stereocenters. The van der Waals surface area contributed by atoms with Gasteiger partial charge in [0.25, 0.3) is 0 Å². The fraction of sp³-hybridized carbons (Fsp3) is 0.500. The Hall–Kier alpha value is -0.530. The Kier molecular flexibility index (Phi) is 4.75. The topological polar surface area (TPSA) is 71.4 Å². The summed E-state index contributed by atoms with van der Waals surface area (Å²) in [7, 11) is -3.42. The molecule has 0 saturated heterocycles. The van der Waals surface area contributed by atoms with Crippen LogP contribution in [0.2, 0.25) is 0 Å². The average molecular weight is 393 g/mol. The quantitative estimate of drug-likeness (QED) is 0.794. The molecular weight excluding hydrogens is 376 g/mol. The van der Waals surface area contributed by atoms with Crippen molar-refractivity contribution in [2.75, 3.05) is 12.5 Å². The van der Waals surface area contributed by atoms with Gasteiger partial charge in [0.2, 0.25) is 0 Å². The minimum Gasteiger partial charge on any atom is -0.481 e. The molecule has 1 aliphatic carbocycles. The number of benzene rings is 1. The number of carboxylic acids is 1. The molecule has 1 saturated carbocycles. The van der Waals surface area contributed by atoms with Crippen LogP contribution in [0.25, 0.3) is 0 Å². The molecule has 0 amide bonds. The van der Waals surface area contributed by atoms with E-state index in [1.807, 2.05) is 0 Å². The third kappa shape index (κ3) is 3.00. The Morgan fingerprint density at radius 1 is 1.33 bits per heavy atom. The lowest BCUT2D eigenvalue weighted by Crippen LogP contribution is -2.32. The van der Waals surface area contributed by atoms with Crippen LogP contribution in [0.4, 0.5) is 0 Å². The third-order valence-electron chi connectivity index (χ3n) is 4.03. The van der Waals surface area contributed by atoms with Gasteiger partial charge in [0.1, 0.15) is 0 Å². The molecule has 2 rings (SSSR count). The van der Waals surface area contributed by atoms with Gasteiger partial charge in [-0.15, -0.1) is 11.8 Å². The molecule has 4 nitrogen and oxygen atoms in total. The molecule has 1 N–H and O–H groups in total. The van der Waals surface area contributed by atoms with Crippen LogP contribution in [0.5, 0.6) is 0 Å². The van der Waals surface area contributed by atoms with Crippen molar-refractivity contribution in [2.45, 2.75) is 40.9 Å². The van der Waals surface area contributed by atoms with Crippen molar-refractivity contribution in [1.82, 2.24) is 0 Å². The van der Waals surface area contributed by atoms with E-state index in [1.54, 1.807) is 18.4 Å². The number of sulfone groups is 1. The van der Waals surface area contributed by atoms with Crippen molar-refractivity contribution < 1.29 is 18.3 Å². The molecule has 0 bridgehead atoms. The van der Waals surface area contributed by atoms with Gasteiger partial charge in [-0.1, -0.05) is 12.8 Å². The van der Waals surface area contributed by atoms with Crippen LogP contribution in [0.1, 0.15) is 31.2 Å². The summed E-state index contributed by atoms with van der Waals surface area (Å²) in [5.74, 6) is -0.872. The minimum atomic E-state index is -3.42. The molecule has 1 aliphatic rings. The van der Waals surface area contributed by atoms with Crippen molar-refractivity contribution in [3.8, 4) is 0 Å². The van der Waals surface area contributed by atoms with Crippen molar-refractivity contribution in [3.05, 3.63) is 22.2 Å². The average Bonchev–Trinajstić information content (AvgIpc) is 2.87. The Morgan fingerprint density at radius 2 is 1.90 bits per heavy atom. The number of carboxylic acid groups (broad SMARTS) is 1. The zero-order valence-corrected chi connectivity index (χ0v) is 15.1. The van der Waals surface area contributed by atoms with E-state index in [0.29, 0.717) is 27.8 Å². The predicted molar refractivity (Wildman–Crippen MR) is 86.8 cm³/mol. The van der Waals surface area contributed by atoms with Gasteiger partial charge in [-0.3, -0.25) is 4.79 Å². The first-order valence-corrected chi connectivity index (χ1v) is 10.4. The van der Waals surface area contributed by atoms with Gasteiger partial charge in [0.15, 0.2) is 9.84 Å². The lowest BCUT2D eigenvalue weighted by Gasteiger charge is -2.26. The van der Waals surface area contributed by atoms with E-state index < -0.39 is 21.2 Å². The summed E-state index contributed by atoms with van der Waals surface area (Å²) in [4.78, 5) is 12.6. The number of rotatable bonds is 4. The molecule has 0 heterocycles. The van der Waals surface area contributed by atoms with Crippen molar-refractivity contribution >= 4 is 43.5 Å². The first-order chi connectivity index (χ1) is 9.72. The number of carbonyl (C=O) groups is 1. The van der Waals surface area contributed by atoms with Crippen LogP contribution in [-0.4, -0.2) is 32.0 Å². The maximum atomic E-state index is 12.0. The smallest absolute Gasteiger partial charge is 0.314 e. The molecule has 0 spiro atoms. The molecular formula is C14H17BrO4S2. The molecule has 1 aromatic rings. The highest BCUT2D eigenvalue weighted by atomic mass is 79.9. The minimum absolute atomic E-state index is 0.201. The number of hydrogen-bond acceptors (Lipinski definition) is 4. The number of hydrogen-bond donors (Lipinski definition) is 1.